The summed E-state index contributed by atoms with van der Waals surface area (Å²) in [6, 6.07) is 14.2. The van der Waals surface area contributed by atoms with Crippen molar-refractivity contribution in [3.8, 4) is 0 Å². The Balaban J connectivity index is 1.97. The number of anilines is 1. The first-order valence-corrected chi connectivity index (χ1v) is 11.1. The fourth-order valence-corrected chi connectivity index (χ4v) is 4.41. The van der Waals surface area contributed by atoms with Crippen molar-refractivity contribution in [2.45, 2.75) is 11.1 Å². The number of sulfonamides is 1. The number of pyridine rings is 1. The molecular formula is C21H16ClF3N4O3S. The molecule has 12 heteroatoms. The van der Waals surface area contributed by atoms with Gasteiger partial charge in [0.2, 0.25) is 0 Å². The number of hydrogen-bond donors (Lipinski definition) is 1. The van der Waals surface area contributed by atoms with Gasteiger partial charge in [0.05, 0.1) is 33.1 Å². The average molecular weight is 497 g/mol. The summed E-state index contributed by atoms with van der Waals surface area (Å²) in [5.41, 5.74) is 0.940. The Hall–Kier alpha value is -3.44. The fraction of sp³-hybridized carbons (Fsp3) is 0.0952. The largest absolute Gasteiger partial charge is 0.416 e. The lowest BCUT2D eigenvalue weighted by Gasteiger charge is -2.25. The monoisotopic (exact) mass is 496 g/mol. The Morgan fingerprint density at radius 2 is 1.79 bits per heavy atom. The molecule has 0 radical (unpaired) electrons. The van der Waals surface area contributed by atoms with Crippen molar-refractivity contribution in [3.63, 3.8) is 0 Å². The number of hydrazone groups is 1. The van der Waals surface area contributed by atoms with E-state index in [-0.39, 0.29) is 9.92 Å². The normalized spacial score (nSPS) is 12.0. The van der Waals surface area contributed by atoms with Crippen molar-refractivity contribution in [1.29, 1.82) is 0 Å². The first-order chi connectivity index (χ1) is 15.6. The van der Waals surface area contributed by atoms with Crippen LogP contribution in [0.3, 0.4) is 0 Å². The number of nitrogens with one attached hydrogen (secondary N) is 1. The molecule has 1 aromatic heterocycles. The summed E-state index contributed by atoms with van der Waals surface area (Å²) >= 11 is 6.06. The lowest BCUT2D eigenvalue weighted by molar-refractivity contribution is -0.137. The highest BCUT2D eigenvalue weighted by molar-refractivity contribution is 7.92. The van der Waals surface area contributed by atoms with Gasteiger partial charge >= 0.3 is 6.18 Å². The van der Waals surface area contributed by atoms with Gasteiger partial charge < -0.3 is 0 Å². The molecule has 0 atom stereocenters. The van der Waals surface area contributed by atoms with E-state index in [2.05, 4.69) is 15.5 Å². The molecule has 0 aliphatic carbocycles. The first kappa shape index (κ1) is 24.2. The number of rotatable bonds is 7. The van der Waals surface area contributed by atoms with Crippen molar-refractivity contribution < 1.29 is 26.4 Å². The van der Waals surface area contributed by atoms with Gasteiger partial charge in [0.15, 0.2) is 0 Å². The quantitative estimate of drug-likeness (QED) is 0.394. The molecule has 1 heterocycles. The molecule has 7 nitrogen and oxygen atoms in total. The lowest BCUT2D eigenvalue weighted by Crippen LogP contribution is -2.40. The smallest absolute Gasteiger partial charge is 0.271 e. The summed E-state index contributed by atoms with van der Waals surface area (Å²) < 4.78 is 66.7. The zero-order chi connectivity index (χ0) is 24.1. The Morgan fingerprint density at radius 3 is 2.42 bits per heavy atom. The zero-order valence-corrected chi connectivity index (χ0v) is 18.3. The molecule has 0 bridgehead atoms. The molecule has 0 aliphatic heterocycles. The summed E-state index contributed by atoms with van der Waals surface area (Å²) in [6.07, 6.45) is -2.02. The van der Waals surface area contributed by atoms with Crippen molar-refractivity contribution >= 4 is 39.4 Å². The van der Waals surface area contributed by atoms with Gasteiger partial charge in [-0.25, -0.2) is 13.8 Å². The molecule has 3 rings (SSSR count). The number of halogens is 4. The van der Waals surface area contributed by atoms with Crippen LogP contribution < -0.4 is 9.73 Å². The Morgan fingerprint density at radius 1 is 1.09 bits per heavy atom. The maximum absolute atomic E-state index is 13.3. The second-order valence-electron chi connectivity index (χ2n) is 6.54. The maximum Gasteiger partial charge on any atom is 0.416 e. The summed E-state index contributed by atoms with van der Waals surface area (Å²) in [5.74, 6) is -0.907. The fourth-order valence-electron chi connectivity index (χ4n) is 2.69. The minimum Gasteiger partial charge on any atom is -0.271 e. The summed E-state index contributed by atoms with van der Waals surface area (Å²) in [5, 5.41) is 3.42. The number of carbonyl (C=O) groups is 1. The van der Waals surface area contributed by atoms with Crippen molar-refractivity contribution in [3.05, 3.63) is 89.2 Å². The predicted molar refractivity (Wildman–Crippen MR) is 117 cm³/mol. The number of alkyl halides is 3. The molecule has 172 valence electrons. The topological polar surface area (TPSA) is 91.7 Å². The van der Waals surface area contributed by atoms with Gasteiger partial charge in [-0.3, -0.25) is 14.1 Å². The highest BCUT2D eigenvalue weighted by atomic mass is 35.5. The molecule has 33 heavy (non-hydrogen) atoms. The van der Waals surface area contributed by atoms with Crippen LogP contribution in [0, 0.1) is 0 Å². The van der Waals surface area contributed by atoms with Crippen molar-refractivity contribution in [1.82, 2.24) is 10.4 Å². The number of carbonyl (C=O) groups excluding carboxylic acids is 1. The van der Waals surface area contributed by atoms with Gasteiger partial charge in [-0.05, 0) is 42.5 Å². The number of hydrogen-bond acceptors (Lipinski definition) is 5. The van der Waals surface area contributed by atoms with Crippen LogP contribution >= 0.6 is 11.6 Å². The van der Waals surface area contributed by atoms with E-state index in [1.165, 1.54) is 36.7 Å². The molecule has 0 unspecified atom stereocenters. The van der Waals surface area contributed by atoms with E-state index in [1.54, 1.807) is 24.3 Å². The number of benzene rings is 2. The number of aromatic nitrogens is 1. The van der Waals surface area contributed by atoms with E-state index < -0.39 is 39.9 Å². The van der Waals surface area contributed by atoms with Crippen LogP contribution in [-0.4, -0.2) is 32.1 Å². The van der Waals surface area contributed by atoms with Gasteiger partial charge in [0.25, 0.3) is 15.9 Å². The molecule has 1 amide bonds. The average Bonchev–Trinajstić information content (AvgIpc) is 2.78. The second kappa shape index (κ2) is 10.0. The molecule has 0 saturated carbocycles. The van der Waals surface area contributed by atoms with Crippen LogP contribution in [0.15, 0.2) is 82.9 Å². The molecule has 1 N–H and O–H groups in total. The highest BCUT2D eigenvalue weighted by Crippen LogP contribution is 2.37. The highest BCUT2D eigenvalue weighted by Gasteiger charge is 2.34. The summed E-state index contributed by atoms with van der Waals surface area (Å²) in [7, 11) is -4.45. The van der Waals surface area contributed by atoms with Crippen molar-refractivity contribution in [2.24, 2.45) is 5.10 Å². The third-order valence-corrected chi connectivity index (χ3v) is 6.33. The van der Waals surface area contributed by atoms with Crippen LogP contribution in [0.4, 0.5) is 18.9 Å². The van der Waals surface area contributed by atoms with E-state index in [1.807, 2.05) is 0 Å². The SMILES string of the molecule is O=C(CN(c1cc(C(F)(F)F)ccc1Cl)S(=O)(=O)c1ccccc1)N/N=C\c1ccccn1. The lowest BCUT2D eigenvalue weighted by atomic mass is 10.2. The third kappa shape index (κ3) is 6.08. The molecular weight excluding hydrogens is 481 g/mol. The number of amides is 1. The summed E-state index contributed by atoms with van der Waals surface area (Å²) in [6.45, 7) is -0.877. The van der Waals surface area contributed by atoms with Crippen LogP contribution in [0.2, 0.25) is 5.02 Å². The minimum atomic E-state index is -4.75. The van der Waals surface area contributed by atoms with Crippen LogP contribution in [0.1, 0.15) is 11.3 Å². The van der Waals surface area contributed by atoms with Crippen LogP contribution in [-0.2, 0) is 21.0 Å². The van der Waals surface area contributed by atoms with E-state index in [0.29, 0.717) is 16.1 Å². The maximum atomic E-state index is 13.3. The van der Waals surface area contributed by atoms with Gasteiger partial charge in [-0.1, -0.05) is 35.9 Å². The van der Waals surface area contributed by atoms with E-state index in [0.717, 1.165) is 12.1 Å². The predicted octanol–water partition coefficient (Wildman–Crippen LogP) is 4.10. The number of nitrogens with zero attached hydrogens (tertiary/aromatic N) is 3. The molecule has 3 aromatic rings. The van der Waals surface area contributed by atoms with E-state index in [9.17, 15) is 26.4 Å². The van der Waals surface area contributed by atoms with Crippen LogP contribution in [0.5, 0.6) is 0 Å². The standard InChI is InChI=1S/C21H16ClF3N4O3S/c22-18-10-9-15(21(23,24)25)12-19(18)29(33(31,32)17-7-2-1-3-8-17)14-20(30)28-27-13-16-6-4-5-11-26-16/h1-13H,14H2,(H,28,30)/b27-13-. The summed E-state index contributed by atoms with van der Waals surface area (Å²) in [4.78, 5) is 16.2. The molecule has 0 fully saturated rings. The van der Waals surface area contributed by atoms with Crippen molar-refractivity contribution in [2.75, 3.05) is 10.8 Å². The Bertz CT molecular complexity index is 1250. The Labute approximate surface area is 192 Å². The minimum absolute atomic E-state index is 0.233. The molecule has 0 saturated heterocycles. The van der Waals surface area contributed by atoms with E-state index in [4.69, 9.17) is 11.6 Å². The molecule has 2 aromatic carbocycles. The van der Waals surface area contributed by atoms with Gasteiger partial charge in [0, 0.05) is 6.20 Å². The van der Waals surface area contributed by atoms with Crippen LogP contribution in [0.25, 0.3) is 0 Å². The van der Waals surface area contributed by atoms with Gasteiger partial charge in [-0.2, -0.15) is 18.3 Å². The van der Waals surface area contributed by atoms with Gasteiger partial charge in [0.1, 0.15) is 6.54 Å². The molecule has 0 aliphatic rings. The second-order valence-corrected chi connectivity index (χ2v) is 8.81. The van der Waals surface area contributed by atoms with E-state index >= 15 is 0 Å². The first-order valence-electron chi connectivity index (χ1n) is 9.26. The zero-order valence-electron chi connectivity index (χ0n) is 16.7. The Kier molecular flexibility index (Phi) is 7.34. The van der Waals surface area contributed by atoms with Gasteiger partial charge in [-0.15, -0.1) is 0 Å². The third-order valence-electron chi connectivity index (χ3n) is 4.23. The molecule has 0 spiro atoms.